The molecule has 0 bridgehead atoms. The highest BCUT2D eigenvalue weighted by Crippen LogP contribution is 2.30. The molecule has 0 spiro atoms. The van der Waals surface area contributed by atoms with Crippen LogP contribution in [0.1, 0.15) is 57.8 Å². The summed E-state index contributed by atoms with van der Waals surface area (Å²) in [5, 5.41) is 15.4. The van der Waals surface area contributed by atoms with E-state index in [1.807, 2.05) is 0 Å². The van der Waals surface area contributed by atoms with Crippen LogP contribution in [0, 0.1) is 0 Å². The molecule has 1 heterocycles. The van der Waals surface area contributed by atoms with Crippen molar-refractivity contribution in [2.45, 2.75) is 68.6 Å². The third-order valence-electron chi connectivity index (χ3n) is 4.39. The lowest BCUT2D eigenvalue weighted by molar-refractivity contribution is -0.122. The number of carbonyl (C=O) groups is 1. The average Bonchev–Trinajstić information content (AvgIpc) is 2.74. The summed E-state index contributed by atoms with van der Waals surface area (Å²) in [6.45, 7) is 0. The van der Waals surface area contributed by atoms with Crippen molar-refractivity contribution in [3.05, 3.63) is 0 Å². The van der Waals surface area contributed by atoms with Crippen LogP contribution in [-0.4, -0.2) is 33.5 Å². The number of hydrogen-bond acceptors (Lipinski definition) is 4. The molecule has 1 unspecified atom stereocenters. The topological polar surface area (TPSA) is 87.7 Å². The zero-order chi connectivity index (χ0) is 14.4. The molecule has 1 aliphatic carbocycles. The van der Waals surface area contributed by atoms with Crippen molar-refractivity contribution in [3.63, 3.8) is 0 Å². The summed E-state index contributed by atoms with van der Waals surface area (Å²) < 4.78 is 0. The predicted molar refractivity (Wildman–Crippen MR) is 82.1 cm³/mol. The summed E-state index contributed by atoms with van der Waals surface area (Å²) in [6.07, 6.45) is 9.09. The first-order chi connectivity index (χ1) is 9.68. The number of nitrogens with one attached hydrogen (secondary N) is 1. The van der Waals surface area contributed by atoms with Crippen molar-refractivity contribution >= 4 is 23.5 Å². The molecule has 0 aromatic rings. The van der Waals surface area contributed by atoms with Gasteiger partial charge in [-0.15, -0.1) is 11.8 Å². The Balaban J connectivity index is 2.08. The van der Waals surface area contributed by atoms with Crippen molar-refractivity contribution in [1.82, 2.24) is 5.32 Å². The van der Waals surface area contributed by atoms with Gasteiger partial charge in [-0.3, -0.25) is 4.79 Å². The van der Waals surface area contributed by atoms with E-state index in [1.165, 1.54) is 6.42 Å². The fraction of sp³-hybridized carbons (Fsp3) is 0.857. The van der Waals surface area contributed by atoms with Crippen LogP contribution in [-0.2, 0) is 4.79 Å². The molecule has 6 heteroatoms. The van der Waals surface area contributed by atoms with E-state index in [1.54, 1.807) is 11.8 Å². The maximum Gasteiger partial charge on any atom is 0.233 e. The fourth-order valence-electron chi connectivity index (χ4n) is 3.14. The van der Waals surface area contributed by atoms with Crippen LogP contribution in [0.2, 0.25) is 0 Å². The Morgan fingerprint density at radius 1 is 1.20 bits per heavy atom. The van der Waals surface area contributed by atoms with E-state index in [0.29, 0.717) is 0 Å². The zero-order valence-corrected chi connectivity index (χ0v) is 12.8. The maximum atomic E-state index is 12.5. The Morgan fingerprint density at radius 3 is 2.45 bits per heavy atom. The molecule has 5 nitrogen and oxygen atoms in total. The van der Waals surface area contributed by atoms with Crippen LogP contribution < -0.4 is 11.1 Å². The van der Waals surface area contributed by atoms with E-state index in [-0.39, 0.29) is 17.0 Å². The second kappa shape index (κ2) is 7.20. The Kier molecular flexibility index (Phi) is 5.57. The average molecular weight is 299 g/mol. The van der Waals surface area contributed by atoms with Crippen molar-refractivity contribution < 1.29 is 10.0 Å². The second-order valence-electron chi connectivity index (χ2n) is 5.83. The molecule has 20 heavy (non-hydrogen) atoms. The molecule has 0 aromatic carbocycles. The Hall–Kier alpha value is -0.910. The molecule has 1 saturated carbocycles. The number of thioether (sulfide) groups is 1. The number of nitrogens with zero attached hydrogens (tertiary/aromatic N) is 1. The van der Waals surface area contributed by atoms with Gasteiger partial charge in [0.05, 0.1) is 5.25 Å². The largest absolute Gasteiger partial charge is 0.409 e. The highest BCUT2D eigenvalue weighted by atomic mass is 32.2. The lowest BCUT2D eigenvalue weighted by atomic mass is 9.88. The molecule has 1 atom stereocenters. The Morgan fingerprint density at radius 2 is 1.90 bits per heavy atom. The van der Waals surface area contributed by atoms with E-state index in [4.69, 9.17) is 10.9 Å². The molecular weight excluding hydrogens is 274 g/mol. The molecule has 0 aromatic heterocycles. The highest BCUT2D eigenvalue weighted by Gasteiger charge is 2.38. The normalized spacial score (nSPS) is 27.6. The van der Waals surface area contributed by atoms with E-state index in [0.717, 1.165) is 57.1 Å². The first kappa shape index (κ1) is 15.5. The van der Waals surface area contributed by atoms with Gasteiger partial charge < -0.3 is 16.3 Å². The van der Waals surface area contributed by atoms with Crippen LogP contribution in [0.4, 0.5) is 0 Å². The molecule has 2 aliphatic rings. The van der Waals surface area contributed by atoms with Crippen LogP contribution in [0.5, 0.6) is 0 Å². The van der Waals surface area contributed by atoms with E-state index in [2.05, 4.69) is 10.5 Å². The minimum atomic E-state index is -0.639. The molecule has 2 rings (SSSR count). The van der Waals surface area contributed by atoms with Crippen LogP contribution in [0.3, 0.4) is 0 Å². The number of nitrogens with two attached hydrogens (primary N) is 1. The SMILES string of the molecule is NC(=NO)C1(NC(=O)C2CCCCS2)CCCCCC1. The van der Waals surface area contributed by atoms with Gasteiger partial charge in [0.25, 0.3) is 0 Å². The molecule has 114 valence electrons. The van der Waals surface area contributed by atoms with Gasteiger partial charge in [-0.05, 0) is 31.4 Å². The number of oxime groups is 1. The standard InChI is InChI=1S/C14H25N3O2S/c15-13(17-19)14(8-4-1-2-5-9-14)16-12(18)11-7-3-6-10-20-11/h11,19H,1-10H2,(H2,15,17)(H,16,18). The third-order valence-corrected chi connectivity index (χ3v) is 5.77. The van der Waals surface area contributed by atoms with Crippen molar-refractivity contribution in [2.24, 2.45) is 10.9 Å². The predicted octanol–water partition coefficient (Wildman–Crippen LogP) is 2.23. The molecular formula is C14H25N3O2S. The number of carbonyl (C=O) groups excluding carboxylic acids is 1. The second-order valence-corrected chi connectivity index (χ2v) is 7.14. The molecule has 1 saturated heterocycles. The lowest BCUT2D eigenvalue weighted by Crippen LogP contribution is -2.59. The molecule has 4 N–H and O–H groups in total. The van der Waals surface area contributed by atoms with Gasteiger partial charge in [-0.1, -0.05) is 37.3 Å². The summed E-state index contributed by atoms with van der Waals surface area (Å²) >= 11 is 1.73. The van der Waals surface area contributed by atoms with Crippen LogP contribution in [0.15, 0.2) is 5.16 Å². The monoisotopic (exact) mass is 299 g/mol. The summed E-state index contributed by atoms with van der Waals surface area (Å²) in [5.41, 5.74) is 5.27. The highest BCUT2D eigenvalue weighted by molar-refractivity contribution is 8.00. The summed E-state index contributed by atoms with van der Waals surface area (Å²) in [7, 11) is 0. The number of amides is 1. The molecule has 0 radical (unpaired) electrons. The number of hydrogen-bond donors (Lipinski definition) is 3. The van der Waals surface area contributed by atoms with Crippen LogP contribution >= 0.6 is 11.8 Å². The molecule has 2 fully saturated rings. The Bertz CT molecular complexity index is 359. The Labute approximate surface area is 124 Å². The third kappa shape index (κ3) is 3.59. The zero-order valence-electron chi connectivity index (χ0n) is 11.9. The van der Waals surface area contributed by atoms with Gasteiger partial charge in [-0.2, -0.15) is 0 Å². The van der Waals surface area contributed by atoms with E-state index in [9.17, 15) is 4.79 Å². The quantitative estimate of drug-likeness (QED) is 0.245. The maximum absolute atomic E-state index is 12.5. The number of rotatable bonds is 3. The van der Waals surface area contributed by atoms with Gasteiger partial charge in [-0.25, -0.2) is 0 Å². The van der Waals surface area contributed by atoms with Crippen molar-refractivity contribution in [2.75, 3.05) is 5.75 Å². The summed E-state index contributed by atoms with van der Waals surface area (Å²) in [4.78, 5) is 12.5. The molecule has 1 amide bonds. The fourth-order valence-corrected chi connectivity index (χ4v) is 4.34. The van der Waals surface area contributed by atoms with Gasteiger partial charge in [0, 0.05) is 0 Å². The van der Waals surface area contributed by atoms with Gasteiger partial charge in [0.1, 0.15) is 5.54 Å². The van der Waals surface area contributed by atoms with Crippen LogP contribution in [0.25, 0.3) is 0 Å². The smallest absolute Gasteiger partial charge is 0.233 e. The van der Waals surface area contributed by atoms with E-state index < -0.39 is 5.54 Å². The van der Waals surface area contributed by atoms with Crippen molar-refractivity contribution in [1.29, 1.82) is 0 Å². The number of amidine groups is 1. The van der Waals surface area contributed by atoms with E-state index >= 15 is 0 Å². The van der Waals surface area contributed by atoms with Gasteiger partial charge in [0.2, 0.25) is 5.91 Å². The van der Waals surface area contributed by atoms with Crippen molar-refractivity contribution in [3.8, 4) is 0 Å². The van der Waals surface area contributed by atoms with Gasteiger partial charge in [0.15, 0.2) is 5.84 Å². The van der Waals surface area contributed by atoms with Gasteiger partial charge >= 0.3 is 0 Å². The minimum Gasteiger partial charge on any atom is -0.409 e. The molecule has 1 aliphatic heterocycles. The lowest BCUT2D eigenvalue weighted by Gasteiger charge is -2.34. The summed E-state index contributed by atoms with van der Waals surface area (Å²) in [5.74, 6) is 1.27. The first-order valence-electron chi connectivity index (χ1n) is 7.59. The minimum absolute atomic E-state index is 0.0235. The first-order valence-corrected chi connectivity index (χ1v) is 8.64. The summed E-state index contributed by atoms with van der Waals surface area (Å²) in [6, 6.07) is 0.